The number of benzene rings is 2. The minimum atomic E-state index is 0.282. The summed E-state index contributed by atoms with van der Waals surface area (Å²) in [4.78, 5) is 0. The molecule has 1 aromatic heterocycles. The van der Waals surface area contributed by atoms with Gasteiger partial charge in [-0.3, -0.25) is 4.68 Å². The normalized spacial score (nSPS) is 13.7. The monoisotopic (exact) mass is 305 g/mol. The van der Waals surface area contributed by atoms with E-state index in [1.807, 2.05) is 18.2 Å². The lowest BCUT2D eigenvalue weighted by atomic mass is 10.0. The van der Waals surface area contributed by atoms with E-state index < -0.39 is 0 Å². The van der Waals surface area contributed by atoms with Gasteiger partial charge >= 0.3 is 0 Å². The minimum absolute atomic E-state index is 0.282. The van der Waals surface area contributed by atoms with Gasteiger partial charge in [0.2, 0.25) is 0 Å². The van der Waals surface area contributed by atoms with Crippen molar-refractivity contribution in [3.63, 3.8) is 0 Å². The number of hydrogen-bond acceptors (Lipinski definition) is 3. The van der Waals surface area contributed by atoms with E-state index in [0.717, 1.165) is 37.3 Å². The van der Waals surface area contributed by atoms with E-state index in [9.17, 15) is 5.11 Å². The predicted molar refractivity (Wildman–Crippen MR) is 90.3 cm³/mol. The summed E-state index contributed by atoms with van der Waals surface area (Å²) in [6.07, 6.45) is 0.993. The van der Waals surface area contributed by atoms with Crippen molar-refractivity contribution in [2.75, 3.05) is 6.54 Å². The van der Waals surface area contributed by atoms with Gasteiger partial charge in [0.25, 0.3) is 0 Å². The Morgan fingerprint density at radius 2 is 1.83 bits per heavy atom. The molecule has 0 radical (unpaired) electrons. The van der Waals surface area contributed by atoms with Crippen molar-refractivity contribution in [2.45, 2.75) is 19.5 Å². The van der Waals surface area contributed by atoms with Gasteiger partial charge in [-0.25, -0.2) is 0 Å². The molecule has 0 saturated heterocycles. The molecule has 0 saturated carbocycles. The van der Waals surface area contributed by atoms with Crippen molar-refractivity contribution in [3.05, 3.63) is 71.4 Å². The maximum absolute atomic E-state index is 9.50. The van der Waals surface area contributed by atoms with Gasteiger partial charge in [0.05, 0.1) is 12.2 Å². The van der Waals surface area contributed by atoms with Gasteiger partial charge in [-0.05, 0) is 29.8 Å². The molecule has 2 N–H and O–H groups in total. The molecule has 2 heterocycles. The molecule has 1 aliphatic rings. The van der Waals surface area contributed by atoms with Crippen molar-refractivity contribution < 1.29 is 5.11 Å². The third-order valence-corrected chi connectivity index (χ3v) is 4.32. The number of fused-ring (bicyclic) bond motifs is 1. The number of hydrogen-bond donors (Lipinski definition) is 2. The van der Waals surface area contributed by atoms with E-state index >= 15 is 0 Å². The average molecular weight is 305 g/mol. The summed E-state index contributed by atoms with van der Waals surface area (Å²) >= 11 is 0. The lowest BCUT2D eigenvalue weighted by Crippen LogP contribution is -2.25. The van der Waals surface area contributed by atoms with Gasteiger partial charge in [-0.1, -0.05) is 30.3 Å². The molecule has 3 aromatic rings. The summed E-state index contributed by atoms with van der Waals surface area (Å²) in [7, 11) is 0. The van der Waals surface area contributed by atoms with Crippen molar-refractivity contribution in [1.82, 2.24) is 15.1 Å². The minimum Gasteiger partial charge on any atom is -0.508 e. The zero-order valence-electron chi connectivity index (χ0n) is 12.9. The summed E-state index contributed by atoms with van der Waals surface area (Å²) in [6.45, 7) is 2.63. The molecule has 1 aliphatic heterocycles. The number of rotatable bonds is 3. The largest absolute Gasteiger partial charge is 0.508 e. The molecule has 0 fully saturated rings. The highest BCUT2D eigenvalue weighted by Gasteiger charge is 2.21. The van der Waals surface area contributed by atoms with E-state index in [4.69, 9.17) is 5.10 Å². The fourth-order valence-corrected chi connectivity index (χ4v) is 3.16. The number of phenols is 1. The third-order valence-electron chi connectivity index (χ3n) is 4.32. The maximum atomic E-state index is 9.50. The van der Waals surface area contributed by atoms with Crippen LogP contribution in [0.5, 0.6) is 5.75 Å². The quantitative estimate of drug-likeness (QED) is 0.782. The molecule has 0 aliphatic carbocycles. The fourth-order valence-electron chi connectivity index (χ4n) is 3.16. The first-order valence-electron chi connectivity index (χ1n) is 7.94. The molecule has 116 valence electrons. The van der Waals surface area contributed by atoms with E-state index in [0.29, 0.717) is 0 Å². The Morgan fingerprint density at radius 1 is 1.04 bits per heavy atom. The van der Waals surface area contributed by atoms with Gasteiger partial charge in [0, 0.05) is 36.3 Å². The molecular weight excluding hydrogens is 286 g/mol. The maximum Gasteiger partial charge on any atom is 0.115 e. The van der Waals surface area contributed by atoms with Gasteiger partial charge < -0.3 is 10.4 Å². The number of aromatic hydroxyl groups is 1. The predicted octanol–water partition coefficient (Wildman–Crippen LogP) is 2.95. The highest BCUT2D eigenvalue weighted by molar-refractivity contribution is 5.65. The molecule has 4 rings (SSSR count). The van der Waals surface area contributed by atoms with Crippen LogP contribution in [0.3, 0.4) is 0 Å². The Labute approximate surface area is 135 Å². The Morgan fingerprint density at radius 3 is 2.61 bits per heavy atom. The Kier molecular flexibility index (Phi) is 3.60. The first-order chi connectivity index (χ1) is 11.3. The van der Waals surface area contributed by atoms with Crippen molar-refractivity contribution in [2.24, 2.45) is 0 Å². The second-order valence-corrected chi connectivity index (χ2v) is 5.89. The number of nitrogens with zero attached hydrogens (tertiary/aromatic N) is 2. The molecular formula is C19H19N3O. The molecule has 0 amide bonds. The second kappa shape index (κ2) is 5.89. The molecule has 4 nitrogen and oxygen atoms in total. The summed E-state index contributed by atoms with van der Waals surface area (Å²) < 4.78 is 2.13. The third kappa shape index (κ3) is 2.73. The summed E-state index contributed by atoms with van der Waals surface area (Å²) in [6, 6.07) is 17.7. The van der Waals surface area contributed by atoms with Gasteiger partial charge in [-0.15, -0.1) is 0 Å². The standard InChI is InChI=1S/C19H19N3O/c23-16-8-6-15(7-9-16)19-17-12-20-11-10-18(17)22(21-19)13-14-4-2-1-3-5-14/h1-9,20,23H,10-13H2. The Hall–Kier alpha value is -2.59. The molecule has 2 aromatic carbocycles. The van der Waals surface area contributed by atoms with Crippen LogP contribution in [0.25, 0.3) is 11.3 Å². The average Bonchev–Trinajstić information content (AvgIpc) is 2.95. The second-order valence-electron chi connectivity index (χ2n) is 5.89. The number of phenolic OH excluding ortho intramolecular Hbond substituents is 1. The Bertz CT molecular complexity index is 807. The van der Waals surface area contributed by atoms with Gasteiger partial charge in [-0.2, -0.15) is 5.10 Å². The zero-order chi connectivity index (χ0) is 15.6. The first kappa shape index (κ1) is 14.0. The van der Waals surface area contributed by atoms with Crippen LogP contribution in [0.4, 0.5) is 0 Å². The smallest absolute Gasteiger partial charge is 0.115 e. The summed E-state index contributed by atoms with van der Waals surface area (Å²) in [5.41, 5.74) is 5.92. The van der Waals surface area contributed by atoms with Crippen LogP contribution in [0.15, 0.2) is 54.6 Å². The molecule has 0 spiro atoms. The van der Waals surface area contributed by atoms with E-state index in [1.54, 1.807) is 12.1 Å². The summed E-state index contributed by atoms with van der Waals surface area (Å²) in [5.74, 6) is 0.282. The van der Waals surface area contributed by atoms with Crippen LogP contribution in [-0.2, 0) is 19.5 Å². The topological polar surface area (TPSA) is 50.1 Å². The Balaban J connectivity index is 1.77. The van der Waals surface area contributed by atoms with Gasteiger partial charge in [0.15, 0.2) is 0 Å². The van der Waals surface area contributed by atoms with Crippen molar-refractivity contribution in [3.8, 4) is 17.0 Å². The highest BCUT2D eigenvalue weighted by atomic mass is 16.3. The molecule has 0 atom stereocenters. The van der Waals surface area contributed by atoms with Crippen LogP contribution >= 0.6 is 0 Å². The van der Waals surface area contributed by atoms with Crippen molar-refractivity contribution in [1.29, 1.82) is 0 Å². The van der Waals surface area contributed by atoms with Crippen LogP contribution in [0.1, 0.15) is 16.8 Å². The van der Waals surface area contributed by atoms with E-state index in [-0.39, 0.29) is 5.75 Å². The van der Waals surface area contributed by atoms with Crippen LogP contribution in [0.2, 0.25) is 0 Å². The lowest BCUT2D eigenvalue weighted by molar-refractivity contribution is 0.475. The molecule has 23 heavy (non-hydrogen) atoms. The highest BCUT2D eigenvalue weighted by Crippen LogP contribution is 2.29. The number of nitrogens with one attached hydrogen (secondary N) is 1. The van der Waals surface area contributed by atoms with Gasteiger partial charge in [0.1, 0.15) is 5.75 Å². The van der Waals surface area contributed by atoms with Crippen molar-refractivity contribution >= 4 is 0 Å². The van der Waals surface area contributed by atoms with E-state index in [1.165, 1.54) is 16.8 Å². The fraction of sp³-hybridized carbons (Fsp3) is 0.211. The van der Waals surface area contributed by atoms with Crippen LogP contribution in [-0.4, -0.2) is 21.4 Å². The molecule has 4 heteroatoms. The number of aromatic nitrogens is 2. The van der Waals surface area contributed by atoms with Crippen LogP contribution < -0.4 is 5.32 Å². The SMILES string of the molecule is Oc1ccc(-c2nn(Cc3ccccc3)c3c2CNCC3)cc1. The molecule has 0 unspecified atom stereocenters. The zero-order valence-corrected chi connectivity index (χ0v) is 12.9. The lowest BCUT2D eigenvalue weighted by Gasteiger charge is -2.15. The van der Waals surface area contributed by atoms with Crippen LogP contribution in [0, 0.1) is 0 Å². The molecule has 0 bridgehead atoms. The van der Waals surface area contributed by atoms with E-state index in [2.05, 4.69) is 34.3 Å². The summed E-state index contributed by atoms with van der Waals surface area (Å²) in [5, 5.41) is 17.8. The first-order valence-corrected chi connectivity index (χ1v) is 7.94.